The lowest BCUT2D eigenvalue weighted by Gasteiger charge is -2.03. The van der Waals surface area contributed by atoms with Crippen LogP contribution in [0.25, 0.3) is 0 Å². The van der Waals surface area contributed by atoms with Gasteiger partial charge in [-0.25, -0.2) is 14.8 Å². The first-order valence-corrected chi connectivity index (χ1v) is 5.38. The lowest BCUT2D eigenvalue weighted by atomic mass is 10.1. The molecule has 2 aromatic heterocycles. The smallest absolute Gasteiger partial charge is 0.348 e. The van der Waals surface area contributed by atoms with Gasteiger partial charge in [0.25, 0.3) is 0 Å². The second-order valence-corrected chi connectivity index (χ2v) is 3.79. The highest BCUT2D eigenvalue weighted by molar-refractivity contribution is 6.01. The molecule has 0 aliphatic rings. The Bertz CT molecular complexity index is 645. The van der Waals surface area contributed by atoms with Crippen molar-refractivity contribution in [1.82, 2.24) is 4.98 Å². The number of aromatic hydroxyl groups is 1. The van der Waals surface area contributed by atoms with Crippen LogP contribution in [-0.2, 0) is 0 Å². The topological polar surface area (TPSA) is 75.7 Å². The molecule has 0 aliphatic heterocycles. The van der Waals surface area contributed by atoms with Crippen LogP contribution in [0.3, 0.4) is 0 Å². The molecule has 5 nitrogen and oxygen atoms in total. The highest BCUT2D eigenvalue weighted by Gasteiger charge is 2.12. The van der Waals surface area contributed by atoms with E-state index in [2.05, 4.69) is 9.98 Å². The highest BCUT2D eigenvalue weighted by atomic mass is 16.4. The summed E-state index contributed by atoms with van der Waals surface area (Å²) in [4.78, 5) is 19.9. The first kappa shape index (κ1) is 12.0. The van der Waals surface area contributed by atoms with Crippen LogP contribution in [0.5, 0.6) is 5.75 Å². The summed E-state index contributed by atoms with van der Waals surface area (Å²) in [5, 5.41) is 9.76. The van der Waals surface area contributed by atoms with Gasteiger partial charge in [0.1, 0.15) is 17.1 Å². The molecule has 92 valence electrons. The Kier molecular flexibility index (Phi) is 3.23. The highest BCUT2D eigenvalue weighted by Crippen LogP contribution is 2.17. The van der Waals surface area contributed by atoms with Gasteiger partial charge in [-0.3, -0.25) is 0 Å². The van der Waals surface area contributed by atoms with Gasteiger partial charge in [0.05, 0.1) is 5.71 Å². The Labute approximate surface area is 103 Å². The molecule has 2 rings (SSSR count). The van der Waals surface area contributed by atoms with Crippen molar-refractivity contribution in [3.05, 3.63) is 52.2 Å². The number of hydrogen-bond acceptors (Lipinski definition) is 5. The first-order valence-electron chi connectivity index (χ1n) is 5.38. The average Bonchev–Trinajstić information content (AvgIpc) is 2.28. The predicted octanol–water partition coefficient (Wildman–Crippen LogP) is 2.19. The quantitative estimate of drug-likeness (QED) is 0.821. The molecular formula is C13H12N2O3. The number of pyridine rings is 1. The van der Waals surface area contributed by atoms with Crippen LogP contribution in [0, 0.1) is 6.92 Å². The molecule has 0 fully saturated rings. The van der Waals surface area contributed by atoms with Gasteiger partial charge in [-0.05, 0) is 26.0 Å². The number of aromatic nitrogens is 1. The van der Waals surface area contributed by atoms with Gasteiger partial charge < -0.3 is 9.52 Å². The fraction of sp³-hybridized carbons (Fsp3) is 0.154. The van der Waals surface area contributed by atoms with E-state index in [0.29, 0.717) is 17.3 Å². The van der Waals surface area contributed by atoms with Crippen LogP contribution < -0.4 is 5.63 Å². The van der Waals surface area contributed by atoms with E-state index in [1.54, 1.807) is 38.2 Å². The monoisotopic (exact) mass is 244 g/mol. The second-order valence-electron chi connectivity index (χ2n) is 3.79. The molecule has 0 saturated carbocycles. The zero-order valence-corrected chi connectivity index (χ0v) is 10.0. The van der Waals surface area contributed by atoms with Crippen LogP contribution in [-0.4, -0.2) is 15.8 Å². The van der Waals surface area contributed by atoms with E-state index in [0.717, 1.165) is 0 Å². The third-order valence-electron chi connectivity index (χ3n) is 2.35. The van der Waals surface area contributed by atoms with Gasteiger partial charge in [0.15, 0.2) is 5.82 Å². The number of rotatable bonds is 2. The molecule has 18 heavy (non-hydrogen) atoms. The number of nitrogens with zero attached hydrogens (tertiary/aromatic N) is 2. The Balaban J connectivity index is 2.50. The van der Waals surface area contributed by atoms with Crippen molar-refractivity contribution in [3.63, 3.8) is 0 Å². The second kappa shape index (κ2) is 4.83. The van der Waals surface area contributed by atoms with Crippen LogP contribution in [0.15, 0.2) is 44.7 Å². The molecule has 2 heterocycles. The summed E-state index contributed by atoms with van der Waals surface area (Å²) in [7, 11) is 0. The van der Waals surface area contributed by atoms with Crippen LogP contribution in [0.2, 0.25) is 0 Å². The normalized spacial score (nSPS) is 11.6. The minimum Gasteiger partial charge on any atom is -0.507 e. The summed E-state index contributed by atoms with van der Waals surface area (Å²) in [5.74, 6) is 0.683. The SMILES string of the molecule is C/C(=N\c1ccccn1)c1c(O)cc(C)oc1=O. The van der Waals surface area contributed by atoms with Crippen molar-refractivity contribution < 1.29 is 9.52 Å². The standard InChI is InChI=1S/C13H12N2O3/c1-8-7-10(16)12(13(17)18-8)9(2)15-11-5-3-4-6-14-11/h3-7,16H,1-2H3/b15-9+. The van der Waals surface area contributed by atoms with E-state index in [1.807, 2.05) is 0 Å². The third-order valence-corrected chi connectivity index (χ3v) is 2.35. The van der Waals surface area contributed by atoms with Crippen molar-refractivity contribution >= 4 is 11.5 Å². The van der Waals surface area contributed by atoms with E-state index >= 15 is 0 Å². The summed E-state index contributed by atoms with van der Waals surface area (Å²) in [6.45, 7) is 3.21. The lowest BCUT2D eigenvalue weighted by Crippen LogP contribution is -2.12. The molecule has 0 spiro atoms. The van der Waals surface area contributed by atoms with Gasteiger partial charge in [-0.1, -0.05) is 6.07 Å². The van der Waals surface area contributed by atoms with Crippen LogP contribution >= 0.6 is 0 Å². The molecule has 2 aromatic rings. The molecule has 0 bridgehead atoms. The van der Waals surface area contributed by atoms with Gasteiger partial charge in [0, 0.05) is 12.3 Å². The van der Waals surface area contributed by atoms with Crippen molar-refractivity contribution in [3.8, 4) is 5.75 Å². The van der Waals surface area contributed by atoms with Gasteiger partial charge in [-0.15, -0.1) is 0 Å². The Morgan fingerprint density at radius 1 is 1.44 bits per heavy atom. The molecular weight excluding hydrogens is 232 g/mol. The van der Waals surface area contributed by atoms with E-state index in [-0.39, 0.29) is 11.3 Å². The van der Waals surface area contributed by atoms with E-state index in [4.69, 9.17) is 4.42 Å². The summed E-state index contributed by atoms with van der Waals surface area (Å²) in [5.41, 5.74) is -0.184. The number of hydrogen-bond donors (Lipinski definition) is 1. The summed E-state index contributed by atoms with van der Waals surface area (Å²) < 4.78 is 4.93. The number of aliphatic imine (C=N–C) groups is 1. The summed E-state index contributed by atoms with van der Waals surface area (Å²) >= 11 is 0. The third kappa shape index (κ3) is 2.45. The molecule has 0 aliphatic carbocycles. The lowest BCUT2D eigenvalue weighted by molar-refractivity contribution is 0.432. The Hall–Kier alpha value is -2.43. The zero-order chi connectivity index (χ0) is 13.1. The maximum absolute atomic E-state index is 11.7. The molecule has 0 unspecified atom stereocenters. The fourth-order valence-electron chi connectivity index (χ4n) is 1.58. The van der Waals surface area contributed by atoms with Crippen molar-refractivity contribution in [1.29, 1.82) is 0 Å². The zero-order valence-electron chi connectivity index (χ0n) is 10.0. The number of aryl methyl sites for hydroxylation is 1. The van der Waals surface area contributed by atoms with Crippen LogP contribution in [0.1, 0.15) is 18.2 Å². The Morgan fingerprint density at radius 3 is 2.83 bits per heavy atom. The molecule has 0 aromatic carbocycles. The van der Waals surface area contributed by atoms with Crippen molar-refractivity contribution in [2.75, 3.05) is 0 Å². The van der Waals surface area contributed by atoms with E-state index in [1.165, 1.54) is 6.07 Å². The average molecular weight is 244 g/mol. The maximum Gasteiger partial charge on any atom is 0.348 e. The minimum atomic E-state index is -0.607. The molecule has 0 amide bonds. The predicted molar refractivity (Wildman–Crippen MR) is 67.5 cm³/mol. The summed E-state index contributed by atoms with van der Waals surface area (Å²) in [6, 6.07) is 6.65. The van der Waals surface area contributed by atoms with E-state index < -0.39 is 5.63 Å². The largest absolute Gasteiger partial charge is 0.507 e. The van der Waals surface area contributed by atoms with Gasteiger partial charge >= 0.3 is 5.63 Å². The first-order chi connectivity index (χ1) is 8.58. The molecule has 5 heteroatoms. The maximum atomic E-state index is 11.7. The minimum absolute atomic E-state index is 0.0613. The molecule has 1 N–H and O–H groups in total. The van der Waals surface area contributed by atoms with Crippen molar-refractivity contribution in [2.24, 2.45) is 4.99 Å². The summed E-state index contributed by atoms with van der Waals surface area (Å²) in [6.07, 6.45) is 1.60. The van der Waals surface area contributed by atoms with Gasteiger partial charge in [0.2, 0.25) is 0 Å². The molecule has 0 atom stereocenters. The van der Waals surface area contributed by atoms with E-state index in [9.17, 15) is 9.90 Å². The van der Waals surface area contributed by atoms with Gasteiger partial charge in [-0.2, -0.15) is 0 Å². The molecule has 0 saturated heterocycles. The fourth-order valence-corrected chi connectivity index (χ4v) is 1.58. The Morgan fingerprint density at radius 2 is 2.22 bits per heavy atom. The van der Waals surface area contributed by atoms with Crippen LogP contribution in [0.4, 0.5) is 5.82 Å². The van der Waals surface area contributed by atoms with Crippen molar-refractivity contribution in [2.45, 2.75) is 13.8 Å². The molecule has 0 radical (unpaired) electrons.